The maximum Gasteiger partial charge on any atom is 0.319 e. The van der Waals surface area contributed by atoms with Gasteiger partial charge in [0.05, 0.1) is 18.2 Å². The maximum atomic E-state index is 12.4. The van der Waals surface area contributed by atoms with Crippen molar-refractivity contribution in [3.05, 3.63) is 43.3 Å². The first-order valence-corrected chi connectivity index (χ1v) is 9.64. The van der Waals surface area contributed by atoms with Crippen LogP contribution in [0.25, 0.3) is 0 Å². The zero-order valence-corrected chi connectivity index (χ0v) is 15.1. The van der Waals surface area contributed by atoms with E-state index in [1.54, 1.807) is 13.0 Å². The summed E-state index contributed by atoms with van der Waals surface area (Å²) in [5.41, 5.74) is 0.921. The molecule has 3 atom stereocenters. The summed E-state index contributed by atoms with van der Waals surface area (Å²) in [6.45, 7) is 2.51. The number of ether oxygens (including phenoxy) is 2. The van der Waals surface area contributed by atoms with Crippen LogP contribution in [0.2, 0.25) is 5.02 Å². The largest absolute Gasteiger partial charge is 0.493 e. The molecule has 0 bridgehead atoms. The van der Waals surface area contributed by atoms with Crippen LogP contribution >= 0.6 is 34.7 Å². The number of aromatic nitrogens is 1. The molecule has 3 heterocycles. The van der Waals surface area contributed by atoms with E-state index in [1.165, 1.54) is 23.1 Å². The third kappa shape index (κ3) is 2.55. The van der Waals surface area contributed by atoms with Gasteiger partial charge in [0.15, 0.2) is 0 Å². The second kappa shape index (κ2) is 6.13. The molecule has 2 aliphatic rings. The molecule has 5 nitrogen and oxygen atoms in total. The van der Waals surface area contributed by atoms with Gasteiger partial charge in [0, 0.05) is 27.3 Å². The van der Waals surface area contributed by atoms with Crippen molar-refractivity contribution in [2.75, 3.05) is 13.2 Å². The van der Waals surface area contributed by atoms with Crippen LogP contribution in [0, 0.1) is 5.92 Å². The molecule has 0 aliphatic carbocycles. The molecular formula is C16H14ClNO4S2. The molecular weight excluding hydrogens is 370 g/mol. The van der Waals surface area contributed by atoms with Gasteiger partial charge in [0.25, 0.3) is 0 Å². The van der Waals surface area contributed by atoms with Gasteiger partial charge in [-0.25, -0.2) is 0 Å². The van der Waals surface area contributed by atoms with Gasteiger partial charge in [-0.3, -0.25) is 9.59 Å². The summed E-state index contributed by atoms with van der Waals surface area (Å²) < 4.78 is 11.1. The molecule has 0 spiro atoms. The predicted molar refractivity (Wildman–Crippen MR) is 93.5 cm³/mol. The van der Waals surface area contributed by atoms with Gasteiger partial charge in [0.2, 0.25) is 0 Å². The monoisotopic (exact) mass is 383 g/mol. The minimum absolute atomic E-state index is 0.0953. The van der Waals surface area contributed by atoms with Crippen molar-refractivity contribution in [3.8, 4) is 5.75 Å². The number of rotatable bonds is 2. The molecule has 24 heavy (non-hydrogen) atoms. The summed E-state index contributed by atoms with van der Waals surface area (Å²) in [7, 11) is 0. The molecule has 4 rings (SSSR count). The van der Waals surface area contributed by atoms with Gasteiger partial charge in [-0.2, -0.15) is 0 Å². The Kier molecular flexibility index (Phi) is 4.10. The number of aromatic amines is 1. The van der Waals surface area contributed by atoms with Crippen LogP contribution in [0.5, 0.6) is 5.75 Å². The normalized spacial score (nSPS) is 24.3. The topological polar surface area (TPSA) is 68.4 Å². The Morgan fingerprint density at radius 2 is 2.33 bits per heavy atom. The molecule has 0 amide bonds. The summed E-state index contributed by atoms with van der Waals surface area (Å²) in [4.78, 5) is 28.0. The molecule has 2 aliphatic heterocycles. The SMILES string of the molecule is CCOC(=O)[C@@H]1Sc2[nH]c(=O)sc2[C@@H]2c3cc(Cl)ccc3OC[C@H]21. The van der Waals surface area contributed by atoms with Gasteiger partial charge in [0.1, 0.15) is 11.0 Å². The zero-order valence-electron chi connectivity index (χ0n) is 12.7. The summed E-state index contributed by atoms with van der Waals surface area (Å²) in [5, 5.41) is 0.935. The second-order valence-corrected chi connectivity index (χ2v) is 8.24. The summed E-state index contributed by atoms with van der Waals surface area (Å²) in [5.74, 6) is 0.284. The Balaban J connectivity index is 1.86. The Bertz CT molecular complexity index is 862. The highest BCUT2D eigenvalue weighted by Crippen LogP contribution is 2.53. The van der Waals surface area contributed by atoms with E-state index in [0.717, 1.165) is 21.2 Å². The first-order valence-electron chi connectivity index (χ1n) is 7.57. The number of thiazole rings is 1. The lowest BCUT2D eigenvalue weighted by atomic mass is 9.80. The summed E-state index contributed by atoms with van der Waals surface area (Å²) in [6.07, 6.45) is 0. The molecule has 0 radical (unpaired) electrons. The number of carbonyl (C=O) groups excluding carboxylic acids is 1. The van der Waals surface area contributed by atoms with Crippen molar-refractivity contribution in [3.63, 3.8) is 0 Å². The van der Waals surface area contributed by atoms with Crippen LogP contribution in [0.15, 0.2) is 28.0 Å². The number of fused-ring (bicyclic) bond motifs is 5. The van der Waals surface area contributed by atoms with Crippen LogP contribution in [-0.2, 0) is 9.53 Å². The Morgan fingerprint density at radius 3 is 3.12 bits per heavy atom. The molecule has 1 aromatic carbocycles. The number of halogens is 1. The lowest BCUT2D eigenvalue weighted by molar-refractivity contribution is -0.144. The highest BCUT2D eigenvalue weighted by molar-refractivity contribution is 8.00. The fourth-order valence-corrected chi connectivity index (χ4v) is 5.95. The number of carbonyl (C=O) groups is 1. The van der Waals surface area contributed by atoms with Crippen molar-refractivity contribution < 1.29 is 14.3 Å². The predicted octanol–water partition coefficient (Wildman–Crippen LogP) is 3.27. The van der Waals surface area contributed by atoms with Crippen LogP contribution in [-0.4, -0.2) is 29.4 Å². The number of thioether (sulfide) groups is 1. The molecule has 8 heteroatoms. The van der Waals surface area contributed by atoms with E-state index in [9.17, 15) is 9.59 Å². The van der Waals surface area contributed by atoms with E-state index >= 15 is 0 Å². The molecule has 0 fully saturated rings. The van der Waals surface area contributed by atoms with Crippen LogP contribution < -0.4 is 9.61 Å². The first-order chi connectivity index (χ1) is 11.6. The number of H-pyrrole nitrogens is 1. The quantitative estimate of drug-likeness (QED) is 0.806. The highest BCUT2D eigenvalue weighted by Gasteiger charge is 2.47. The van der Waals surface area contributed by atoms with Crippen LogP contribution in [0.3, 0.4) is 0 Å². The minimum atomic E-state index is -0.417. The van der Waals surface area contributed by atoms with Crippen molar-refractivity contribution >= 4 is 40.7 Å². The number of hydrogen-bond donors (Lipinski definition) is 1. The molecule has 0 unspecified atom stereocenters. The number of nitrogens with one attached hydrogen (secondary N) is 1. The fraction of sp³-hybridized carbons (Fsp3) is 0.375. The molecule has 0 saturated heterocycles. The first kappa shape index (κ1) is 16.1. The van der Waals surface area contributed by atoms with Gasteiger partial charge in [-0.05, 0) is 25.1 Å². The smallest absolute Gasteiger partial charge is 0.319 e. The van der Waals surface area contributed by atoms with Crippen LogP contribution in [0.4, 0.5) is 0 Å². The lowest BCUT2D eigenvalue weighted by Gasteiger charge is -2.39. The Hall–Kier alpha value is -1.44. The molecule has 126 valence electrons. The number of hydrogen-bond acceptors (Lipinski definition) is 6. The van der Waals surface area contributed by atoms with Crippen LogP contribution in [0.1, 0.15) is 23.3 Å². The molecule has 1 N–H and O–H groups in total. The van der Waals surface area contributed by atoms with Gasteiger partial charge in [-0.15, -0.1) is 0 Å². The van der Waals surface area contributed by atoms with E-state index in [4.69, 9.17) is 21.1 Å². The third-order valence-electron chi connectivity index (χ3n) is 4.24. The standard InChI is InChI=1S/C16H14ClNO4S2/c1-2-21-15(19)12-9-6-22-10-4-3-7(17)5-8(10)11(9)13-14(23-12)18-16(20)24-13/h3-5,9,11-12H,2,6H2,1H3,(H,18,20)/t9-,11-,12-/m1/s1. The molecule has 2 aromatic rings. The fourth-order valence-electron chi connectivity index (χ4n) is 3.28. The lowest BCUT2D eigenvalue weighted by Crippen LogP contribution is -2.41. The van der Waals surface area contributed by atoms with Gasteiger partial charge < -0.3 is 14.5 Å². The third-order valence-corrected chi connectivity index (χ3v) is 6.93. The average molecular weight is 384 g/mol. The van der Waals surface area contributed by atoms with Crippen molar-refractivity contribution in [1.29, 1.82) is 0 Å². The van der Waals surface area contributed by atoms with E-state index in [1.807, 2.05) is 12.1 Å². The number of benzene rings is 1. The summed E-state index contributed by atoms with van der Waals surface area (Å²) >= 11 is 8.72. The average Bonchev–Trinajstić information content (AvgIpc) is 2.93. The minimum Gasteiger partial charge on any atom is -0.493 e. The van der Waals surface area contributed by atoms with Gasteiger partial charge in [-0.1, -0.05) is 34.7 Å². The van der Waals surface area contributed by atoms with E-state index < -0.39 is 5.25 Å². The van der Waals surface area contributed by atoms with E-state index in [0.29, 0.717) is 18.2 Å². The van der Waals surface area contributed by atoms with E-state index in [2.05, 4.69) is 4.98 Å². The van der Waals surface area contributed by atoms with E-state index in [-0.39, 0.29) is 22.7 Å². The summed E-state index contributed by atoms with van der Waals surface area (Å²) in [6, 6.07) is 5.48. The molecule has 1 aromatic heterocycles. The van der Waals surface area contributed by atoms with Gasteiger partial charge >= 0.3 is 10.8 Å². The molecule has 0 saturated carbocycles. The van der Waals surface area contributed by atoms with Crippen molar-refractivity contribution in [2.45, 2.75) is 23.1 Å². The second-order valence-electron chi connectivity index (χ2n) is 5.63. The Labute approximate surface area is 151 Å². The number of esters is 1. The highest BCUT2D eigenvalue weighted by atomic mass is 35.5. The maximum absolute atomic E-state index is 12.4. The Morgan fingerprint density at radius 1 is 1.50 bits per heavy atom. The van der Waals surface area contributed by atoms with Crippen molar-refractivity contribution in [2.24, 2.45) is 5.92 Å². The van der Waals surface area contributed by atoms with Crippen molar-refractivity contribution in [1.82, 2.24) is 4.98 Å². The zero-order chi connectivity index (χ0) is 16.8.